The molecule has 0 fully saturated rings. The van der Waals surface area contributed by atoms with E-state index in [-0.39, 0.29) is 37.6 Å². The van der Waals surface area contributed by atoms with Crippen LogP contribution in [-0.2, 0) is 31.9 Å². The van der Waals surface area contributed by atoms with Gasteiger partial charge in [0.05, 0.1) is 17.1 Å². The van der Waals surface area contributed by atoms with Gasteiger partial charge in [0.25, 0.3) is 0 Å². The second-order valence-corrected chi connectivity index (χ2v) is 15.0. The third-order valence-electron chi connectivity index (χ3n) is 9.43. The van der Waals surface area contributed by atoms with Crippen molar-refractivity contribution >= 4 is 21.8 Å². The third-order valence-corrected chi connectivity index (χ3v) is 9.43. The fraction of sp³-hybridized carbons (Fsp3) is 0.227. The number of phenols is 1. The maximum absolute atomic E-state index is 11.1. The van der Waals surface area contributed by atoms with Gasteiger partial charge in [-0.25, -0.2) is 4.98 Å². The number of aryl methyl sites for hydroxylation is 2. The average molecular weight is 824 g/mol. The van der Waals surface area contributed by atoms with Gasteiger partial charge in [-0.3, -0.25) is 4.98 Å². The number of fused-ring (bicyclic) bond motifs is 3. The van der Waals surface area contributed by atoms with Gasteiger partial charge in [0.15, 0.2) is 0 Å². The molecule has 250 valence electrons. The summed E-state index contributed by atoms with van der Waals surface area (Å²) in [6, 6.07) is 37.1. The zero-order chi connectivity index (χ0) is 34.0. The number of hydrogen-bond donors (Lipinski definition) is 1. The standard InChI is InChI=1S/C44H42N3O.Pt/c1-27-14-13-15-28(2)41(27)34-22-29(32-16-10-12-19-39(32)48)23-38-42(34)33-17-9-11-18-37(33)47(38)40-26-31(44(6,7)8)25-36(46-40)35-24-30(20-21-45-35)43(3,4)5;/h9-22,24-26,48H,1-8H3;/q-1;. The molecule has 0 aliphatic heterocycles. The van der Waals surface area contributed by atoms with Crippen molar-refractivity contribution in [2.24, 2.45) is 0 Å². The van der Waals surface area contributed by atoms with Crippen LogP contribution in [0.2, 0.25) is 0 Å². The number of pyridine rings is 2. The van der Waals surface area contributed by atoms with Crippen LogP contribution in [0.15, 0.2) is 103 Å². The predicted molar refractivity (Wildman–Crippen MR) is 200 cm³/mol. The summed E-state index contributed by atoms with van der Waals surface area (Å²) in [5.74, 6) is 1.04. The van der Waals surface area contributed by atoms with E-state index in [1.807, 2.05) is 24.4 Å². The monoisotopic (exact) mass is 823 g/mol. The Labute approximate surface area is 304 Å². The smallest absolute Gasteiger partial charge is 0.137 e. The Kier molecular flexibility index (Phi) is 8.92. The van der Waals surface area contributed by atoms with Gasteiger partial charge in [-0.15, -0.1) is 17.7 Å². The number of aromatic hydroxyl groups is 1. The topological polar surface area (TPSA) is 50.9 Å². The van der Waals surface area contributed by atoms with E-state index in [4.69, 9.17) is 9.97 Å². The summed E-state index contributed by atoms with van der Waals surface area (Å²) in [6.45, 7) is 17.7. The predicted octanol–water partition coefficient (Wildman–Crippen LogP) is 11.3. The molecule has 4 nitrogen and oxygen atoms in total. The Balaban J connectivity index is 0.00000417. The Morgan fingerprint density at radius 1 is 0.673 bits per heavy atom. The Bertz CT molecular complexity index is 2330. The van der Waals surface area contributed by atoms with Crippen LogP contribution in [0.4, 0.5) is 0 Å². The maximum atomic E-state index is 11.1. The molecule has 1 N–H and O–H groups in total. The molecule has 0 bridgehead atoms. The number of phenolic OH excluding ortho intramolecular Hbond substituents is 1. The Morgan fingerprint density at radius 2 is 1.33 bits per heavy atom. The second-order valence-electron chi connectivity index (χ2n) is 15.0. The van der Waals surface area contributed by atoms with Gasteiger partial charge in [0.2, 0.25) is 0 Å². The van der Waals surface area contributed by atoms with Crippen LogP contribution in [0.5, 0.6) is 5.75 Å². The van der Waals surface area contributed by atoms with E-state index < -0.39 is 0 Å². The van der Waals surface area contributed by atoms with Gasteiger partial charge in [-0.05, 0) is 99.8 Å². The van der Waals surface area contributed by atoms with E-state index in [2.05, 4.69) is 139 Å². The maximum Gasteiger partial charge on any atom is 0.137 e. The van der Waals surface area contributed by atoms with Crippen LogP contribution in [0.25, 0.3) is 61.3 Å². The number of nitrogens with zero attached hydrogens (tertiary/aromatic N) is 3. The summed E-state index contributed by atoms with van der Waals surface area (Å²) in [4.78, 5) is 10.2. The minimum Gasteiger partial charge on any atom is -0.517 e. The van der Waals surface area contributed by atoms with Crippen molar-refractivity contribution in [3.8, 4) is 45.2 Å². The zero-order valence-electron chi connectivity index (χ0n) is 29.4. The summed E-state index contributed by atoms with van der Waals surface area (Å²) in [6.07, 6.45) is 1.89. The minimum absolute atomic E-state index is 0. The molecule has 0 saturated heterocycles. The van der Waals surface area contributed by atoms with E-state index in [0.29, 0.717) is 0 Å². The number of rotatable bonds is 4. The van der Waals surface area contributed by atoms with E-state index in [1.54, 1.807) is 6.07 Å². The first-order valence-corrected chi connectivity index (χ1v) is 16.7. The van der Waals surface area contributed by atoms with Crippen molar-refractivity contribution in [2.45, 2.75) is 66.2 Å². The van der Waals surface area contributed by atoms with E-state index in [1.165, 1.54) is 27.8 Å². The minimum atomic E-state index is -0.138. The molecule has 0 spiro atoms. The SMILES string of the molecule is Cc1cccc(C)c1-c1cc(-c2ccccc2O)[c-]c2c1c1ccccc1n2-c1cc(C(C)(C)C)cc(-c2cc(C(C)(C)C)ccn2)n1.[Pt]. The number of benzene rings is 4. The van der Waals surface area contributed by atoms with Crippen molar-refractivity contribution in [1.82, 2.24) is 14.5 Å². The molecule has 0 amide bonds. The fourth-order valence-corrected chi connectivity index (χ4v) is 6.76. The molecule has 0 unspecified atom stereocenters. The van der Waals surface area contributed by atoms with Crippen LogP contribution in [0.3, 0.4) is 0 Å². The molecule has 3 heterocycles. The molecule has 0 atom stereocenters. The normalized spacial score (nSPS) is 12.0. The van der Waals surface area contributed by atoms with Gasteiger partial charge in [-0.2, -0.15) is 0 Å². The van der Waals surface area contributed by atoms with E-state index >= 15 is 0 Å². The largest absolute Gasteiger partial charge is 0.517 e. The van der Waals surface area contributed by atoms with Crippen LogP contribution in [-0.4, -0.2) is 19.6 Å². The molecule has 49 heavy (non-hydrogen) atoms. The zero-order valence-corrected chi connectivity index (χ0v) is 31.7. The molecule has 7 rings (SSSR count). The summed E-state index contributed by atoms with van der Waals surface area (Å²) >= 11 is 0. The molecular weight excluding hydrogens is 782 g/mol. The first-order chi connectivity index (χ1) is 22.8. The second kappa shape index (κ2) is 12.7. The van der Waals surface area contributed by atoms with Crippen molar-refractivity contribution in [1.29, 1.82) is 0 Å². The van der Waals surface area contributed by atoms with E-state index in [9.17, 15) is 5.11 Å². The fourth-order valence-electron chi connectivity index (χ4n) is 6.76. The molecular formula is C44H42N3OPt-. The Hall–Kier alpha value is -4.53. The number of para-hydroxylation sites is 2. The van der Waals surface area contributed by atoms with Crippen molar-refractivity contribution < 1.29 is 26.2 Å². The molecule has 0 radical (unpaired) electrons. The summed E-state index contributed by atoms with van der Waals surface area (Å²) < 4.78 is 2.25. The molecule has 5 heteroatoms. The van der Waals surface area contributed by atoms with Crippen LogP contribution in [0.1, 0.15) is 63.8 Å². The van der Waals surface area contributed by atoms with Crippen LogP contribution in [0, 0.1) is 19.9 Å². The van der Waals surface area contributed by atoms with Gasteiger partial charge < -0.3 is 9.67 Å². The summed E-state index contributed by atoms with van der Waals surface area (Å²) in [7, 11) is 0. The van der Waals surface area contributed by atoms with Crippen LogP contribution < -0.4 is 0 Å². The quantitative estimate of drug-likeness (QED) is 0.180. The number of hydrogen-bond acceptors (Lipinski definition) is 3. The van der Waals surface area contributed by atoms with Crippen LogP contribution >= 0.6 is 0 Å². The van der Waals surface area contributed by atoms with Gasteiger partial charge in [0, 0.05) is 32.8 Å². The first kappa shape index (κ1) is 34.3. The van der Waals surface area contributed by atoms with E-state index in [0.717, 1.165) is 55.7 Å². The molecule has 4 aromatic carbocycles. The summed E-state index contributed by atoms with van der Waals surface area (Å²) in [5, 5.41) is 13.3. The molecule has 0 saturated carbocycles. The van der Waals surface area contributed by atoms with Gasteiger partial charge in [-0.1, -0.05) is 113 Å². The number of aromatic nitrogens is 3. The van der Waals surface area contributed by atoms with Crippen molar-refractivity contribution in [3.05, 3.63) is 132 Å². The first-order valence-electron chi connectivity index (χ1n) is 16.7. The molecule has 7 aromatic rings. The van der Waals surface area contributed by atoms with Crippen molar-refractivity contribution in [3.63, 3.8) is 0 Å². The third kappa shape index (κ3) is 6.24. The Morgan fingerprint density at radius 3 is 2.02 bits per heavy atom. The molecule has 3 aromatic heterocycles. The summed E-state index contributed by atoms with van der Waals surface area (Å²) in [5.41, 5.74) is 12.1. The van der Waals surface area contributed by atoms with Gasteiger partial charge in [0.1, 0.15) is 5.82 Å². The average Bonchev–Trinajstić information content (AvgIpc) is 3.38. The van der Waals surface area contributed by atoms with Gasteiger partial charge >= 0.3 is 0 Å². The molecule has 0 aliphatic carbocycles. The molecule has 0 aliphatic rings. The van der Waals surface area contributed by atoms with Crippen molar-refractivity contribution in [2.75, 3.05) is 0 Å².